The van der Waals surface area contributed by atoms with Crippen LogP contribution in [0, 0.1) is 0 Å². The van der Waals surface area contributed by atoms with Crippen molar-refractivity contribution in [3.05, 3.63) is 69.9 Å². The van der Waals surface area contributed by atoms with Gasteiger partial charge in [-0.3, -0.25) is 0 Å². The molecule has 9 heteroatoms. The molecule has 2 heterocycles. The van der Waals surface area contributed by atoms with Gasteiger partial charge in [0.25, 0.3) is 0 Å². The van der Waals surface area contributed by atoms with Crippen LogP contribution in [0.5, 0.6) is 0 Å². The summed E-state index contributed by atoms with van der Waals surface area (Å²) in [6.45, 7) is 4.11. The van der Waals surface area contributed by atoms with E-state index in [1.54, 1.807) is 26.0 Å². The van der Waals surface area contributed by atoms with Crippen LogP contribution in [0.2, 0.25) is 0 Å². The van der Waals surface area contributed by atoms with Crippen LogP contribution in [0.4, 0.5) is 13.6 Å². The number of cyclic esters (lactones) is 1. The monoisotopic (exact) mass is 493 g/mol. The zero-order valence-corrected chi connectivity index (χ0v) is 20.0. The van der Waals surface area contributed by atoms with Gasteiger partial charge in [-0.15, -0.1) is 11.3 Å². The van der Waals surface area contributed by atoms with Gasteiger partial charge >= 0.3 is 18.0 Å². The average molecular weight is 494 g/mol. The Morgan fingerprint density at radius 3 is 2.74 bits per heavy atom. The maximum absolute atomic E-state index is 14.6. The Morgan fingerprint density at radius 1 is 1.29 bits per heavy atom. The summed E-state index contributed by atoms with van der Waals surface area (Å²) in [5.74, 6) is -3.81. The lowest BCUT2D eigenvalue weighted by atomic mass is 10.0. The molecule has 1 aliphatic rings. The molecule has 1 N–H and O–H groups in total. The predicted octanol–water partition coefficient (Wildman–Crippen LogP) is 5.17. The van der Waals surface area contributed by atoms with E-state index in [4.69, 9.17) is 9.47 Å². The highest BCUT2D eigenvalue weighted by atomic mass is 32.1. The molecule has 0 saturated carbocycles. The van der Waals surface area contributed by atoms with Gasteiger partial charge in [-0.2, -0.15) is 8.78 Å². The van der Waals surface area contributed by atoms with E-state index >= 15 is 0 Å². The molecule has 1 aliphatic heterocycles. The van der Waals surface area contributed by atoms with Crippen LogP contribution in [0.3, 0.4) is 0 Å². The van der Waals surface area contributed by atoms with Crippen molar-refractivity contribution in [3.63, 3.8) is 0 Å². The van der Waals surface area contributed by atoms with E-state index in [1.807, 2.05) is 6.07 Å². The number of ether oxygens (including phenoxy) is 2. The molecule has 1 saturated heterocycles. The fourth-order valence-corrected chi connectivity index (χ4v) is 4.53. The summed E-state index contributed by atoms with van der Waals surface area (Å²) < 4.78 is 39.4. The molecule has 2 atom stereocenters. The Balaban J connectivity index is 1.58. The third-order valence-electron chi connectivity index (χ3n) is 5.35. The highest BCUT2D eigenvalue weighted by molar-refractivity contribution is 7.13. The van der Waals surface area contributed by atoms with Crippen LogP contribution in [0.15, 0.2) is 54.6 Å². The van der Waals surface area contributed by atoms with Gasteiger partial charge in [-0.05, 0) is 38.8 Å². The molecular weight excluding hydrogens is 464 g/mol. The van der Waals surface area contributed by atoms with Crippen LogP contribution in [0.1, 0.15) is 46.8 Å². The molecule has 0 spiro atoms. The first kappa shape index (κ1) is 25.8. The zero-order chi connectivity index (χ0) is 24.7. The second kappa shape index (κ2) is 11.6. The van der Waals surface area contributed by atoms with E-state index in [9.17, 15) is 23.5 Å². The van der Waals surface area contributed by atoms with Crippen molar-refractivity contribution in [1.29, 1.82) is 0 Å². The molecule has 1 fully saturated rings. The van der Waals surface area contributed by atoms with Crippen LogP contribution in [-0.2, 0) is 21.8 Å². The minimum absolute atomic E-state index is 0.182. The van der Waals surface area contributed by atoms with Gasteiger partial charge in [0.2, 0.25) is 0 Å². The van der Waals surface area contributed by atoms with Gasteiger partial charge in [0.15, 0.2) is 0 Å². The first-order valence-electron chi connectivity index (χ1n) is 11.2. The topological polar surface area (TPSA) is 76.1 Å². The Kier molecular flexibility index (Phi) is 8.79. The number of halogens is 2. The number of aryl methyl sites for hydroxylation is 1. The van der Waals surface area contributed by atoms with E-state index in [0.717, 1.165) is 11.0 Å². The number of esters is 1. The summed E-state index contributed by atoms with van der Waals surface area (Å²) in [7, 11) is 0. The van der Waals surface area contributed by atoms with E-state index in [2.05, 4.69) is 0 Å². The minimum Gasteiger partial charge on any atom is -0.459 e. The molecule has 1 amide bonds. The summed E-state index contributed by atoms with van der Waals surface area (Å²) >= 11 is 1.35. The van der Waals surface area contributed by atoms with Crippen molar-refractivity contribution in [2.24, 2.45) is 0 Å². The number of rotatable bonds is 10. The number of carbonyl (C=O) groups is 2. The molecule has 34 heavy (non-hydrogen) atoms. The van der Waals surface area contributed by atoms with Crippen LogP contribution < -0.4 is 0 Å². The van der Waals surface area contributed by atoms with Crippen LogP contribution >= 0.6 is 11.3 Å². The van der Waals surface area contributed by atoms with Crippen molar-refractivity contribution >= 4 is 23.4 Å². The van der Waals surface area contributed by atoms with Gasteiger partial charge in [0, 0.05) is 23.4 Å². The lowest BCUT2D eigenvalue weighted by molar-refractivity contribution is -0.0930. The standard InChI is InChI=1S/C25H29F2NO5S/c1-17(2)33-23(30)21-12-11-20(34-21)9-6-15-28-19(14-16-32-24(28)31)10-13-22(29)25(26,27)18-7-4-3-5-8-18/h3-5,7-8,10-13,17,19,22,29H,6,9,14-16H2,1-2H3. The number of alkyl halides is 2. The third kappa shape index (κ3) is 6.64. The normalized spacial score (nSPS) is 17.8. The second-order valence-corrected chi connectivity index (χ2v) is 9.47. The quantitative estimate of drug-likeness (QED) is 0.365. The van der Waals surface area contributed by atoms with Crippen LogP contribution in [0.25, 0.3) is 0 Å². The molecule has 2 unspecified atom stereocenters. The van der Waals surface area contributed by atoms with E-state index in [0.29, 0.717) is 30.7 Å². The summed E-state index contributed by atoms with van der Waals surface area (Å²) in [4.78, 5) is 27.3. The Hall–Kier alpha value is -2.78. The fourth-order valence-electron chi connectivity index (χ4n) is 3.60. The number of hydrogen-bond donors (Lipinski definition) is 1. The number of thiophene rings is 1. The third-order valence-corrected chi connectivity index (χ3v) is 6.47. The number of amides is 1. The number of carbonyl (C=O) groups excluding carboxylic acids is 2. The lowest BCUT2D eigenvalue weighted by Crippen LogP contribution is -2.45. The molecule has 0 bridgehead atoms. The molecule has 3 rings (SSSR count). The number of aliphatic hydroxyl groups excluding tert-OH is 1. The molecule has 0 radical (unpaired) electrons. The first-order valence-corrected chi connectivity index (χ1v) is 12.0. The summed E-state index contributed by atoms with van der Waals surface area (Å²) in [5.41, 5.74) is -0.278. The molecule has 6 nitrogen and oxygen atoms in total. The fraction of sp³-hybridized carbons (Fsp3) is 0.440. The zero-order valence-electron chi connectivity index (χ0n) is 19.2. The van der Waals surface area contributed by atoms with Gasteiger partial charge in [-0.25, -0.2) is 9.59 Å². The number of nitrogens with zero attached hydrogens (tertiary/aromatic N) is 1. The Morgan fingerprint density at radius 2 is 2.03 bits per heavy atom. The van der Waals surface area contributed by atoms with Gasteiger partial charge < -0.3 is 19.5 Å². The molecule has 2 aromatic rings. The molecular formula is C25H29F2NO5S. The maximum Gasteiger partial charge on any atom is 0.410 e. The van der Waals surface area contributed by atoms with Gasteiger partial charge in [-0.1, -0.05) is 42.5 Å². The van der Waals surface area contributed by atoms with E-state index < -0.39 is 24.2 Å². The summed E-state index contributed by atoms with van der Waals surface area (Å²) in [6.07, 6.45) is 1.44. The van der Waals surface area contributed by atoms with Gasteiger partial charge in [0.1, 0.15) is 11.0 Å². The molecule has 0 aliphatic carbocycles. The molecule has 184 valence electrons. The van der Waals surface area contributed by atoms with E-state index in [-0.39, 0.29) is 24.2 Å². The summed E-state index contributed by atoms with van der Waals surface area (Å²) in [5, 5.41) is 10.1. The minimum atomic E-state index is -3.45. The number of aliphatic hydroxyl groups is 1. The van der Waals surface area contributed by atoms with Crippen molar-refractivity contribution in [2.45, 2.75) is 57.3 Å². The highest BCUT2D eigenvalue weighted by Crippen LogP contribution is 2.32. The summed E-state index contributed by atoms with van der Waals surface area (Å²) in [6, 6.07) is 10.3. The van der Waals surface area contributed by atoms with Gasteiger partial charge in [0.05, 0.1) is 18.8 Å². The van der Waals surface area contributed by atoms with Crippen LogP contribution in [-0.4, -0.2) is 53.5 Å². The largest absolute Gasteiger partial charge is 0.459 e. The lowest BCUT2D eigenvalue weighted by Gasteiger charge is -2.33. The smallest absolute Gasteiger partial charge is 0.410 e. The number of hydrogen-bond acceptors (Lipinski definition) is 6. The Bertz CT molecular complexity index is 992. The van der Waals surface area contributed by atoms with Crippen molar-refractivity contribution in [2.75, 3.05) is 13.2 Å². The van der Waals surface area contributed by atoms with Crippen molar-refractivity contribution in [1.82, 2.24) is 4.90 Å². The number of benzene rings is 1. The average Bonchev–Trinajstić information content (AvgIpc) is 3.28. The SMILES string of the molecule is CC(C)OC(=O)c1ccc(CCCN2C(=O)OCCC2C=CC(O)C(F)(F)c2ccccc2)s1. The Labute approximate surface area is 201 Å². The first-order chi connectivity index (χ1) is 16.2. The highest BCUT2D eigenvalue weighted by Gasteiger charge is 2.39. The maximum atomic E-state index is 14.6. The van der Waals surface area contributed by atoms with Crippen molar-refractivity contribution in [3.8, 4) is 0 Å². The molecule has 1 aromatic heterocycles. The second-order valence-electron chi connectivity index (χ2n) is 8.31. The van der Waals surface area contributed by atoms with E-state index in [1.165, 1.54) is 46.6 Å². The predicted molar refractivity (Wildman–Crippen MR) is 125 cm³/mol. The molecule has 1 aromatic carbocycles. The van der Waals surface area contributed by atoms with Crippen molar-refractivity contribution < 1.29 is 33.0 Å².